The molecule has 0 saturated carbocycles. The first-order chi connectivity index (χ1) is 10.9. The highest BCUT2D eigenvalue weighted by atomic mass is 28.4. The first-order valence-corrected chi connectivity index (χ1v) is 11.5. The fourth-order valence-electron chi connectivity index (χ4n) is 2.27. The van der Waals surface area contributed by atoms with Crippen LogP contribution in [-0.2, 0) is 18.5 Å². The average Bonchev–Trinajstić information content (AvgIpc) is 2.83. The van der Waals surface area contributed by atoms with E-state index < -0.39 is 8.32 Å². The first kappa shape index (κ1) is 19.8. The van der Waals surface area contributed by atoms with Crippen LogP contribution >= 0.6 is 0 Å². The largest absolute Gasteiger partial charge is 0.457 e. The average molecular weight is 354 g/mol. The van der Waals surface area contributed by atoms with Gasteiger partial charge in [-0.3, -0.25) is 19.3 Å². The summed E-state index contributed by atoms with van der Waals surface area (Å²) in [6, 6.07) is 0.989. The molecule has 6 nitrogen and oxygen atoms in total. The van der Waals surface area contributed by atoms with E-state index in [-0.39, 0.29) is 17.7 Å². The van der Waals surface area contributed by atoms with E-state index in [4.69, 9.17) is 4.12 Å². The van der Waals surface area contributed by atoms with Gasteiger partial charge >= 0.3 is 0 Å². The van der Waals surface area contributed by atoms with Crippen LogP contribution in [0.1, 0.15) is 32.1 Å². The van der Waals surface area contributed by atoms with Gasteiger partial charge in [0.05, 0.1) is 0 Å². The van der Waals surface area contributed by atoms with Crippen molar-refractivity contribution < 1.29 is 18.5 Å². The lowest BCUT2D eigenvalue weighted by Gasteiger charge is -2.19. The topological polar surface area (TPSA) is 75.7 Å². The van der Waals surface area contributed by atoms with Crippen molar-refractivity contribution in [1.29, 1.82) is 0 Å². The summed E-state index contributed by atoms with van der Waals surface area (Å²) in [5.74, 6) is -0.433. The minimum Gasteiger partial charge on any atom is -0.457 e. The van der Waals surface area contributed by atoms with E-state index in [0.29, 0.717) is 19.5 Å². The number of carbonyl (C=O) groups excluding carboxylic acids is 3. The zero-order chi connectivity index (χ0) is 17.3. The molecular weight excluding hydrogens is 328 g/mol. The van der Waals surface area contributed by atoms with E-state index in [1.54, 1.807) is 0 Å². The number of rotatable bonds is 11. The summed E-state index contributed by atoms with van der Waals surface area (Å²) >= 11 is 0. The van der Waals surface area contributed by atoms with Crippen LogP contribution in [0.3, 0.4) is 0 Å². The molecule has 0 spiro atoms. The first-order valence-electron chi connectivity index (χ1n) is 8.01. The Morgan fingerprint density at radius 2 is 1.83 bits per heavy atom. The summed E-state index contributed by atoms with van der Waals surface area (Å²) in [7, 11) is 1.49. The third-order valence-electron chi connectivity index (χ3n) is 3.74. The Balaban J connectivity index is 2.00. The van der Waals surface area contributed by atoms with E-state index in [9.17, 15) is 14.4 Å². The lowest BCUT2D eigenvalue weighted by Crippen LogP contribution is -2.31. The number of nitrogens with one attached hydrogen (secondary N) is 1. The van der Waals surface area contributed by atoms with Crippen molar-refractivity contribution in [3.63, 3.8) is 0 Å². The standard InChI is InChI=1S/C15H25N2O4Si2/c1-23(2,21-22)12-6-10-16-13(18)7-4-3-5-11-17-14(19)8-9-15(17)20/h8-9H,3-7,10-12H2,1-2H3,(H,16,18). The zero-order valence-electron chi connectivity index (χ0n) is 13.9. The van der Waals surface area contributed by atoms with Crippen LogP contribution < -0.4 is 5.32 Å². The number of hydrogen-bond donors (Lipinski definition) is 1. The third kappa shape index (κ3) is 7.71. The van der Waals surface area contributed by atoms with Crippen molar-refractivity contribution in [2.75, 3.05) is 13.1 Å². The van der Waals surface area contributed by atoms with Gasteiger partial charge in [-0.15, -0.1) is 0 Å². The Labute approximate surface area is 142 Å². The molecule has 127 valence electrons. The van der Waals surface area contributed by atoms with Crippen molar-refractivity contribution in [1.82, 2.24) is 10.2 Å². The second-order valence-corrected chi connectivity index (χ2v) is 11.1. The highest BCUT2D eigenvalue weighted by molar-refractivity contribution is 6.73. The molecule has 0 aliphatic carbocycles. The molecule has 0 aromatic heterocycles. The summed E-state index contributed by atoms with van der Waals surface area (Å²) in [6.45, 7) is 5.34. The highest BCUT2D eigenvalue weighted by Gasteiger charge is 2.22. The molecule has 3 amide bonds. The SMILES string of the molecule is C[Si](C)(CCCNC(=O)CCCCCN1C(=O)C=CC1=O)O[Si]. The fourth-order valence-corrected chi connectivity index (χ4v) is 3.70. The molecule has 3 radical (unpaired) electrons. The maximum atomic E-state index is 11.7. The van der Waals surface area contributed by atoms with E-state index >= 15 is 0 Å². The number of hydrogen-bond acceptors (Lipinski definition) is 4. The van der Waals surface area contributed by atoms with Crippen LogP contribution in [0.4, 0.5) is 0 Å². The van der Waals surface area contributed by atoms with E-state index in [1.807, 2.05) is 0 Å². The molecule has 0 aromatic rings. The summed E-state index contributed by atoms with van der Waals surface area (Å²) in [4.78, 5) is 35.6. The minimum atomic E-state index is -1.61. The van der Waals surface area contributed by atoms with Gasteiger partial charge in [-0.2, -0.15) is 0 Å². The Bertz CT molecular complexity index is 448. The van der Waals surface area contributed by atoms with Crippen LogP contribution in [0.5, 0.6) is 0 Å². The second-order valence-electron chi connectivity index (χ2n) is 6.29. The van der Waals surface area contributed by atoms with Crippen molar-refractivity contribution in [2.24, 2.45) is 0 Å². The fraction of sp³-hybridized carbons (Fsp3) is 0.667. The van der Waals surface area contributed by atoms with Gasteiger partial charge in [0.25, 0.3) is 11.8 Å². The predicted molar refractivity (Wildman–Crippen MR) is 91.1 cm³/mol. The van der Waals surface area contributed by atoms with Gasteiger partial charge < -0.3 is 9.43 Å². The van der Waals surface area contributed by atoms with E-state index in [1.165, 1.54) is 17.1 Å². The number of carbonyl (C=O) groups is 3. The molecule has 1 aliphatic rings. The summed E-state index contributed by atoms with van der Waals surface area (Å²) < 4.78 is 5.27. The van der Waals surface area contributed by atoms with E-state index in [2.05, 4.69) is 28.9 Å². The second kappa shape index (κ2) is 9.79. The lowest BCUT2D eigenvalue weighted by molar-refractivity contribution is -0.136. The molecule has 1 rings (SSSR count). The van der Waals surface area contributed by atoms with Crippen molar-refractivity contribution in [3.8, 4) is 0 Å². The molecule has 0 atom stereocenters. The number of nitrogens with zero attached hydrogens (tertiary/aromatic N) is 1. The molecule has 23 heavy (non-hydrogen) atoms. The van der Waals surface area contributed by atoms with Gasteiger partial charge in [-0.1, -0.05) is 6.42 Å². The predicted octanol–water partition coefficient (Wildman–Crippen LogP) is 1.28. The molecule has 0 bridgehead atoms. The summed E-state index contributed by atoms with van der Waals surface area (Å²) in [5.41, 5.74) is 0. The highest BCUT2D eigenvalue weighted by Crippen LogP contribution is 2.11. The monoisotopic (exact) mass is 353 g/mol. The molecule has 0 unspecified atom stereocenters. The molecule has 1 heterocycles. The number of amides is 3. The van der Waals surface area contributed by atoms with E-state index in [0.717, 1.165) is 31.7 Å². The Morgan fingerprint density at radius 3 is 2.43 bits per heavy atom. The van der Waals surface area contributed by atoms with Crippen molar-refractivity contribution in [2.45, 2.75) is 51.2 Å². The Kier molecular flexibility index (Phi) is 8.42. The normalized spacial score (nSPS) is 14.7. The van der Waals surface area contributed by atoms with Gasteiger partial charge in [0.1, 0.15) is 0 Å². The van der Waals surface area contributed by atoms with Crippen LogP contribution in [0, 0.1) is 0 Å². The minimum absolute atomic E-state index is 0.0544. The molecular formula is C15H25N2O4Si2. The Morgan fingerprint density at radius 1 is 1.17 bits per heavy atom. The Hall–Kier alpha value is -1.26. The van der Waals surface area contributed by atoms with Crippen molar-refractivity contribution in [3.05, 3.63) is 12.2 Å². The van der Waals surface area contributed by atoms with Crippen LogP contribution in [-0.4, -0.2) is 54.5 Å². The van der Waals surface area contributed by atoms with Gasteiger partial charge in [0.2, 0.25) is 16.4 Å². The molecule has 1 aliphatic heterocycles. The van der Waals surface area contributed by atoms with Crippen LogP contribution in [0.25, 0.3) is 0 Å². The van der Waals surface area contributed by atoms with Crippen molar-refractivity contribution >= 4 is 36.5 Å². The van der Waals surface area contributed by atoms with Gasteiger partial charge in [0.15, 0.2) is 8.32 Å². The van der Waals surface area contributed by atoms with Gasteiger partial charge in [-0.05, 0) is 38.4 Å². The quantitative estimate of drug-likeness (QED) is 0.345. The maximum Gasteiger partial charge on any atom is 0.253 e. The zero-order valence-corrected chi connectivity index (χ0v) is 15.9. The molecule has 0 aromatic carbocycles. The van der Waals surface area contributed by atoms with Crippen LogP contribution in [0.2, 0.25) is 19.1 Å². The number of imide groups is 1. The van der Waals surface area contributed by atoms with Gasteiger partial charge in [-0.25, -0.2) is 0 Å². The molecule has 1 N–H and O–H groups in total. The maximum absolute atomic E-state index is 11.7. The molecule has 0 saturated heterocycles. The number of unbranched alkanes of at least 4 members (excludes halogenated alkanes) is 2. The lowest BCUT2D eigenvalue weighted by atomic mass is 10.2. The summed E-state index contributed by atoms with van der Waals surface area (Å²) in [5, 5.41) is 2.91. The smallest absolute Gasteiger partial charge is 0.253 e. The third-order valence-corrected chi connectivity index (χ3v) is 7.51. The summed E-state index contributed by atoms with van der Waals surface area (Å²) in [6.07, 6.45) is 6.30. The molecule has 8 heteroatoms. The molecule has 0 fully saturated rings. The van der Waals surface area contributed by atoms with Crippen LogP contribution in [0.15, 0.2) is 12.2 Å². The van der Waals surface area contributed by atoms with Gasteiger partial charge in [0, 0.05) is 31.7 Å².